The second-order valence-electron chi connectivity index (χ2n) is 4.30. The van der Waals surface area contributed by atoms with Crippen molar-refractivity contribution in [2.75, 3.05) is 20.3 Å². The SMILES string of the molecule is COCCOc1ccc(C(N)C(C)C)cc1Br. The summed E-state index contributed by atoms with van der Waals surface area (Å²) in [5.74, 6) is 1.24. The Bertz CT molecular complexity index is 355. The molecule has 17 heavy (non-hydrogen) atoms. The average molecular weight is 302 g/mol. The second kappa shape index (κ2) is 6.99. The molecule has 0 saturated heterocycles. The third kappa shape index (κ3) is 4.30. The van der Waals surface area contributed by atoms with Gasteiger partial charge in [0.25, 0.3) is 0 Å². The van der Waals surface area contributed by atoms with Gasteiger partial charge in [-0.05, 0) is 39.5 Å². The van der Waals surface area contributed by atoms with Crippen molar-refractivity contribution in [3.8, 4) is 5.75 Å². The summed E-state index contributed by atoms with van der Waals surface area (Å²) in [6.07, 6.45) is 0. The van der Waals surface area contributed by atoms with Crippen LogP contribution in [-0.2, 0) is 4.74 Å². The molecule has 0 aliphatic carbocycles. The molecule has 0 aliphatic heterocycles. The van der Waals surface area contributed by atoms with Crippen LogP contribution in [0, 0.1) is 5.92 Å². The van der Waals surface area contributed by atoms with E-state index in [4.69, 9.17) is 15.2 Å². The summed E-state index contributed by atoms with van der Waals surface area (Å²) >= 11 is 3.50. The van der Waals surface area contributed by atoms with Crippen molar-refractivity contribution in [3.63, 3.8) is 0 Å². The van der Waals surface area contributed by atoms with Crippen molar-refractivity contribution < 1.29 is 9.47 Å². The van der Waals surface area contributed by atoms with Gasteiger partial charge in [0, 0.05) is 13.2 Å². The monoisotopic (exact) mass is 301 g/mol. The lowest BCUT2D eigenvalue weighted by atomic mass is 9.97. The van der Waals surface area contributed by atoms with Gasteiger partial charge in [0.2, 0.25) is 0 Å². The Morgan fingerprint density at radius 1 is 1.29 bits per heavy atom. The zero-order valence-corrected chi connectivity index (χ0v) is 12.2. The fourth-order valence-electron chi connectivity index (χ4n) is 1.46. The maximum absolute atomic E-state index is 6.10. The van der Waals surface area contributed by atoms with E-state index in [0.717, 1.165) is 15.8 Å². The van der Waals surface area contributed by atoms with Gasteiger partial charge in [0.05, 0.1) is 11.1 Å². The fraction of sp³-hybridized carbons (Fsp3) is 0.538. The van der Waals surface area contributed by atoms with E-state index in [2.05, 4.69) is 29.8 Å². The molecule has 1 unspecified atom stereocenters. The van der Waals surface area contributed by atoms with Gasteiger partial charge < -0.3 is 15.2 Å². The molecule has 1 aromatic rings. The number of rotatable bonds is 6. The van der Waals surface area contributed by atoms with Gasteiger partial charge >= 0.3 is 0 Å². The number of hydrogen-bond donors (Lipinski definition) is 1. The zero-order valence-electron chi connectivity index (χ0n) is 10.6. The standard InChI is InChI=1S/C13H20BrNO2/c1-9(2)13(15)10-4-5-12(11(14)8-10)17-7-6-16-3/h4-5,8-9,13H,6-7,15H2,1-3H3. The smallest absolute Gasteiger partial charge is 0.133 e. The normalized spacial score (nSPS) is 12.8. The first-order chi connectivity index (χ1) is 8.06. The molecule has 1 atom stereocenters. The number of halogens is 1. The molecule has 0 aliphatic rings. The van der Waals surface area contributed by atoms with Gasteiger partial charge in [0.15, 0.2) is 0 Å². The summed E-state index contributed by atoms with van der Waals surface area (Å²) < 4.78 is 11.4. The van der Waals surface area contributed by atoms with Crippen LogP contribution in [-0.4, -0.2) is 20.3 Å². The predicted octanol–water partition coefficient (Wildman–Crippen LogP) is 3.13. The summed E-state index contributed by atoms with van der Waals surface area (Å²) in [6.45, 7) is 5.35. The summed E-state index contributed by atoms with van der Waals surface area (Å²) in [7, 11) is 1.66. The minimum atomic E-state index is 0.0549. The molecule has 2 N–H and O–H groups in total. The van der Waals surface area contributed by atoms with E-state index < -0.39 is 0 Å². The van der Waals surface area contributed by atoms with Crippen molar-refractivity contribution in [2.45, 2.75) is 19.9 Å². The Hall–Kier alpha value is -0.580. The number of methoxy groups -OCH3 is 1. The first-order valence-corrected chi connectivity index (χ1v) is 6.52. The van der Waals surface area contributed by atoms with Crippen LogP contribution in [0.2, 0.25) is 0 Å². The number of nitrogens with two attached hydrogens (primary N) is 1. The molecule has 0 aromatic heterocycles. The first kappa shape index (κ1) is 14.5. The van der Waals surface area contributed by atoms with Gasteiger partial charge in [-0.2, -0.15) is 0 Å². The molecule has 1 aromatic carbocycles. The third-order valence-corrected chi connectivity index (χ3v) is 3.22. The van der Waals surface area contributed by atoms with E-state index in [-0.39, 0.29) is 6.04 Å². The van der Waals surface area contributed by atoms with E-state index >= 15 is 0 Å². The van der Waals surface area contributed by atoms with Crippen LogP contribution in [0.4, 0.5) is 0 Å². The first-order valence-electron chi connectivity index (χ1n) is 5.73. The summed E-state index contributed by atoms with van der Waals surface area (Å²) in [4.78, 5) is 0. The van der Waals surface area contributed by atoms with Crippen LogP contribution < -0.4 is 10.5 Å². The van der Waals surface area contributed by atoms with Crippen molar-refractivity contribution in [1.29, 1.82) is 0 Å². The Morgan fingerprint density at radius 3 is 2.53 bits per heavy atom. The maximum Gasteiger partial charge on any atom is 0.133 e. The van der Waals surface area contributed by atoms with Gasteiger partial charge in [0.1, 0.15) is 12.4 Å². The van der Waals surface area contributed by atoms with Crippen LogP contribution in [0.5, 0.6) is 5.75 Å². The maximum atomic E-state index is 6.10. The predicted molar refractivity (Wildman–Crippen MR) is 73.3 cm³/mol. The van der Waals surface area contributed by atoms with Crippen LogP contribution in [0.15, 0.2) is 22.7 Å². The van der Waals surface area contributed by atoms with Crippen molar-refractivity contribution in [3.05, 3.63) is 28.2 Å². The molecule has 0 saturated carbocycles. The molecule has 4 heteroatoms. The Labute approximate surface area is 111 Å². The highest BCUT2D eigenvalue weighted by atomic mass is 79.9. The Balaban J connectivity index is 2.72. The molecule has 0 fully saturated rings. The van der Waals surface area contributed by atoms with Crippen LogP contribution >= 0.6 is 15.9 Å². The highest BCUT2D eigenvalue weighted by Gasteiger charge is 2.12. The van der Waals surface area contributed by atoms with Gasteiger partial charge in [-0.15, -0.1) is 0 Å². The number of hydrogen-bond acceptors (Lipinski definition) is 3. The van der Waals surface area contributed by atoms with E-state index in [1.165, 1.54) is 0 Å². The van der Waals surface area contributed by atoms with Crippen molar-refractivity contribution >= 4 is 15.9 Å². The van der Waals surface area contributed by atoms with E-state index in [1.54, 1.807) is 7.11 Å². The van der Waals surface area contributed by atoms with Gasteiger partial charge in [-0.25, -0.2) is 0 Å². The van der Waals surface area contributed by atoms with Gasteiger partial charge in [-0.1, -0.05) is 19.9 Å². The number of ether oxygens (including phenoxy) is 2. The Kier molecular flexibility index (Phi) is 5.95. The summed E-state index contributed by atoms with van der Waals surface area (Å²) in [5, 5.41) is 0. The minimum absolute atomic E-state index is 0.0549. The lowest BCUT2D eigenvalue weighted by Gasteiger charge is -2.17. The lowest BCUT2D eigenvalue weighted by Crippen LogP contribution is -2.16. The van der Waals surface area contributed by atoms with Crippen LogP contribution in [0.25, 0.3) is 0 Å². The summed E-state index contributed by atoms with van der Waals surface area (Å²) in [5.41, 5.74) is 7.21. The molecule has 0 heterocycles. The lowest BCUT2D eigenvalue weighted by molar-refractivity contribution is 0.146. The molecule has 0 bridgehead atoms. The Morgan fingerprint density at radius 2 is 2.00 bits per heavy atom. The van der Waals surface area contributed by atoms with Crippen LogP contribution in [0.1, 0.15) is 25.5 Å². The third-order valence-electron chi connectivity index (χ3n) is 2.60. The molecule has 1 rings (SSSR count). The molecule has 0 amide bonds. The highest BCUT2D eigenvalue weighted by molar-refractivity contribution is 9.10. The zero-order chi connectivity index (χ0) is 12.8. The molecular formula is C13H20BrNO2. The quantitative estimate of drug-likeness (QED) is 0.821. The van der Waals surface area contributed by atoms with E-state index in [9.17, 15) is 0 Å². The van der Waals surface area contributed by atoms with Crippen molar-refractivity contribution in [1.82, 2.24) is 0 Å². The molecule has 96 valence electrons. The van der Waals surface area contributed by atoms with Crippen LogP contribution in [0.3, 0.4) is 0 Å². The molecule has 3 nitrogen and oxygen atoms in total. The summed E-state index contributed by atoms with van der Waals surface area (Å²) in [6, 6.07) is 6.03. The fourth-order valence-corrected chi connectivity index (χ4v) is 1.97. The minimum Gasteiger partial charge on any atom is -0.490 e. The second-order valence-corrected chi connectivity index (χ2v) is 5.16. The van der Waals surface area contributed by atoms with E-state index in [1.807, 2.05) is 18.2 Å². The number of benzene rings is 1. The van der Waals surface area contributed by atoms with Gasteiger partial charge in [-0.3, -0.25) is 0 Å². The molecule has 0 radical (unpaired) electrons. The topological polar surface area (TPSA) is 44.5 Å². The molecular weight excluding hydrogens is 282 g/mol. The highest BCUT2D eigenvalue weighted by Crippen LogP contribution is 2.29. The average Bonchev–Trinajstić information content (AvgIpc) is 2.30. The van der Waals surface area contributed by atoms with E-state index in [0.29, 0.717) is 19.1 Å². The van der Waals surface area contributed by atoms with Crippen molar-refractivity contribution in [2.24, 2.45) is 11.7 Å². The molecule has 0 spiro atoms. The largest absolute Gasteiger partial charge is 0.490 e.